The Bertz CT molecular complexity index is 815. The van der Waals surface area contributed by atoms with Gasteiger partial charge in [-0.15, -0.1) is 0 Å². The molecule has 2 aromatic rings. The van der Waals surface area contributed by atoms with Crippen LogP contribution in [0.1, 0.15) is 37.4 Å². The van der Waals surface area contributed by atoms with Crippen LogP contribution in [0.2, 0.25) is 5.02 Å². The number of carbonyl (C=O) groups excluding carboxylic acids is 1. The van der Waals surface area contributed by atoms with Crippen LogP contribution in [0.15, 0.2) is 30.6 Å². The van der Waals surface area contributed by atoms with Crippen LogP contribution < -0.4 is 10.2 Å². The fourth-order valence-corrected chi connectivity index (χ4v) is 3.19. The molecule has 1 aromatic heterocycles. The average Bonchev–Trinajstić information content (AvgIpc) is 2.56. The van der Waals surface area contributed by atoms with E-state index in [0.29, 0.717) is 23.0 Å². The predicted molar refractivity (Wildman–Crippen MR) is 91.8 cm³/mol. The number of fused-ring (bicyclic) bond motifs is 1. The summed E-state index contributed by atoms with van der Waals surface area (Å²) in [4.78, 5) is 22.1. The Labute approximate surface area is 145 Å². The third-order valence-corrected chi connectivity index (χ3v) is 4.27. The van der Waals surface area contributed by atoms with Crippen LogP contribution in [-0.4, -0.2) is 21.9 Å². The number of nitrogens with one attached hydrogen (secondary N) is 1. The van der Waals surface area contributed by atoms with Gasteiger partial charge < -0.3 is 10.2 Å². The second-order valence-electron chi connectivity index (χ2n) is 5.78. The van der Waals surface area contributed by atoms with Gasteiger partial charge in [0.1, 0.15) is 0 Å². The third kappa shape index (κ3) is 3.03. The summed E-state index contributed by atoms with van der Waals surface area (Å²) < 4.78 is 0. The number of nitrogens with zero attached hydrogens (tertiary/aromatic N) is 4. The molecule has 24 heavy (non-hydrogen) atoms. The van der Waals surface area contributed by atoms with E-state index < -0.39 is 0 Å². The van der Waals surface area contributed by atoms with Gasteiger partial charge in [0, 0.05) is 18.7 Å². The summed E-state index contributed by atoms with van der Waals surface area (Å²) in [6, 6.07) is 7.43. The number of amides is 1. The summed E-state index contributed by atoms with van der Waals surface area (Å²) in [5.41, 5.74) is 2.25. The van der Waals surface area contributed by atoms with Crippen molar-refractivity contribution in [3.05, 3.63) is 46.7 Å². The number of hydrogen-bond acceptors (Lipinski definition) is 5. The first-order valence-corrected chi connectivity index (χ1v) is 7.95. The normalized spacial score (nSPS) is 19.3. The molecule has 2 atom stereocenters. The molecule has 0 spiro atoms. The van der Waals surface area contributed by atoms with Gasteiger partial charge in [-0.3, -0.25) is 4.79 Å². The Morgan fingerprint density at radius 3 is 2.75 bits per heavy atom. The lowest BCUT2D eigenvalue weighted by Gasteiger charge is -2.39. The molecular formula is C17H16ClN5O. The monoisotopic (exact) mass is 341 g/mol. The molecule has 3 rings (SSSR count). The van der Waals surface area contributed by atoms with Crippen LogP contribution in [0.4, 0.5) is 11.6 Å². The summed E-state index contributed by atoms with van der Waals surface area (Å²) in [5.74, 6) is 0.441. The van der Waals surface area contributed by atoms with Crippen molar-refractivity contribution in [2.45, 2.75) is 32.4 Å². The molecule has 0 radical (unpaired) electrons. The lowest BCUT2D eigenvalue weighted by Crippen LogP contribution is -2.43. The summed E-state index contributed by atoms with van der Waals surface area (Å²) in [5, 5.41) is 12.9. The van der Waals surface area contributed by atoms with Gasteiger partial charge in [-0.25, -0.2) is 9.97 Å². The van der Waals surface area contributed by atoms with E-state index in [1.165, 1.54) is 12.4 Å². The van der Waals surface area contributed by atoms with Crippen molar-refractivity contribution in [3.8, 4) is 6.07 Å². The van der Waals surface area contributed by atoms with E-state index in [1.54, 1.807) is 17.9 Å². The fourth-order valence-electron chi connectivity index (χ4n) is 3.09. The van der Waals surface area contributed by atoms with E-state index in [0.717, 1.165) is 11.3 Å². The molecule has 0 unspecified atom stereocenters. The number of aromatic nitrogens is 2. The maximum Gasteiger partial charge on any atom is 0.224 e. The molecule has 1 aliphatic rings. The maximum atomic E-state index is 12.0. The zero-order valence-corrected chi connectivity index (χ0v) is 14.1. The second kappa shape index (κ2) is 6.46. The number of benzene rings is 1. The summed E-state index contributed by atoms with van der Waals surface area (Å²) in [6.07, 6.45) is 3.74. The second-order valence-corrected chi connectivity index (χ2v) is 6.22. The number of halogens is 1. The first-order valence-electron chi connectivity index (χ1n) is 7.57. The molecule has 2 heterocycles. The highest BCUT2D eigenvalue weighted by atomic mass is 35.5. The van der Waals surface area contributed by atoms with E-state index in [1.807, 2.05) is 19.1 Å². The first-order chi connectivity index (χ1) is 11.5. The summed E-state index contributed by atoms with van der Waals surface area (Å²) in [7, 11) is 0. The highest BCUT2D eigenvalue weighted by Crippen LogP contribution is 2.39. The molecule has 7 heteroatoms. The Kier molecular flexibility index (Phi) is 4.36. The van der Waals surface area contributed by atoms with E-state index in [9.17, 15) is 10.1 Å². The van der Waals surface area contributed by atoms with Crippen molar-refractivity contribution >= 4 is 29.1 Å². The van der Waals surface area contributed by atoms with Crippen LogP contribution in [0.3, 0.4) is 0 Å². The Balaban J connectivity index is 2.01. The van der Waals surface area contributed by atoms with Crippen molar-refractivity contribution in [2.75, 3.05) is 10.2 Å². The van der Waals surface area contributed by atoms with Crippen LogP contribution in [-0.2, 0) is 4.79 Å². The van der Waals surface area contributed by atoms with Gasteiger partial charge in [0.05, 0.1) is 35.1 Å². The van der Waals surface area contributed by atoms with Crippen molar-refractivity contribution in [1.82, 2.24) is 9.97 Å². The molecule has 1 aromatic carbocycles. The first kappa shape index (κ1) is 16.2. The molecule has 122 valence electrons. The lowest BCUT2D eigenvalue weighted by atomic mass is 9.90. The SMILES string of the molecule is CC(=O)N1c2ccc(C#N)cc2[C@H](Nc2ncc(Cl)cn2)C[C@@H]1C. The van der Waals surface area contributed by atoms with Crippen molar-refractivity contribution in [1.29, 1.82) is 5.26 Å². The Hall–Kier alpha value is -2.65. The van der Waals surface area contributed by atoms with E-state index in [-0.39, 0.29) is 18.0 Å². The molecule has 1 aliphatic heterocycles. The summed E-state index contributed by atoms with van der Waals surface area (Å²) >= 11 is 5.82. The van der Waals surface area contributed by atoms with Gasteiger partial charge in [-0.05, 0) is 37.1 Å². The molecular weight excluding hydrogens is 326 g/mol. The van der Waals surface area contributed by atoms with Crippen LogP contribution in [0.5, 0.6) is 0 Å². The smallest absolute Gasteiger partial charge is 0.224 e. The Morgan fingerprint density at radius 1 is 1.42 bits per heavy atom. The number of nitriles is 1. The third-order valence-electron chi connectivity index (χ3n) is 4.07. The minimum Gasteiger partial charge on any atom is -0.347 e. The zero-order valence-electron chi connectivity index (χ0n) is 13.3. The minimum atomic E-state index is -0.0972. The topological polar surface area (TPSA) is 81.9 Å². The highest BCUT2D eigenvalue weighted by molar-refractivity contribution is 6.30. The van der Waals surface area contributed by atoms with Gasteiger partial charge in [0.2, 0.25) is 11.9 Å². The van der Waals surface area contributed by atoms with Crippen LogP contribution >= 0.6 is 11.6 Å². The average molecular weight is 342 g/mol. The molecule has 1 N–H and O–H groups in total. The number of rotatable bonds is 2. The van der Waals surface area contributed by atoms with Crippen molar-refractivity contribution in [3.63, 3.8) is 0 Å². The quantitative estimate of drug-likeness (QED) is 0.906. The number of hydrogen-bond donors (Lipinski definition) is 1. The van der Waals surface area contributed by atoms with Crippen LogP contribution in [0, 0.1) is 11.3 Å². The van der Waals surface area contributed by atoms with Crippen molar-refractivity contribution < 1.29 is 4.79 Å². The highest BCUT2D eigenvalue weighted by Gasteiger charge is 2.32. The molecule has 1 amide bonds. The van der Waals surface area contributed by atoms with E-state index >= 15 is 0 Å². The molecule has 0 fully saturated rings. The maximum absolute atomic E-state index is 12.0. The fraction of sp³-hybridized carbons (Fsp3) is 0.294. The van der Waals surface area contributed by atoms with Gasteiger partial charge >= 0.3 is 0 Å². The zero-order chi connectivity index (χ0) is 17.3. The molecule has 0 bridgehead atoms. The van der Waals surface area contributed by atoms with E-state index in [2.05, 4.69) is 21.4 Å². The largest absolute Gasteiger partial charge is 0.347 e. The Morgan fingerprint density at radius 2 is 2.12 bits per heavy atom. The van der Waals surface area contributed by atoms with Gasteiger partial charge in [0.25, 0.3) is 0 Å². The molecule has 0 saturated heterocycles. The van der Waals surface area contributed by atoms with Crippen LogP contribution in [0.25, 0.3) is 0 Å². The minimum absolute atomic E-state index is 0.0188. The van der Waals surface area contributed by atoms with Crippen molar-refractivity contribution in [2.24, 2.45) is 0 Å². The van der Waals surface area contributed by atoms with E-state index in [4.69, 9.17) is 11.6 Å². The predicted octanol–water partition coefficient (Wildman–Crippen LogP) is 3.30. The van der Waals surface area contributed by atoms with Gasteiger partial charge in [0.15, 0.2) is 0 Å². The molecule has 6 nitrogen and oxygen atoms in total. The van der Waals surface area contributed by atoms with Gasteiger partial charge in [-0.1, -0.05) is 11.6 Å². The number of anilines is 2. The van der Waals surface area contributed by atoms with Gasteiger partial charge in [-0.2, -0.15) is 5.26 Å². The molecule has 0 aliphatic carbocycles. The summed E-state index contributed by atoms with van der Waals surface area (Å²) in [6.45, 7) is 3.55. The molecule has 0 saturated carbocycles. The lowest BCUT2D eigenvalue weighted by molar-refractivity contribution is -0.117. The number of carbonyl (C=O) groups is 1. The standard InChI is InChI=1S/C17H16ClN5O/c1-10-5-15(22-17-20-8-13(18)9-21-17)14-6-12(7-19)3-4-16(14)23(10)11(2)24/h3-4,6,8-10,15H,5H2,1-2H3,(H,20,21,22)/t10-,15+/m0/s1.